The first-order chi connectivity index (χ1) is 12.3. The van der Waals surface area contributed by atoms with Gasteiger partial charge in [0.1, 0.15) is 5.75 Å². The molecular weight excluding hydrogens is 318 g/mol. The van der Waals surface area contributed by atoms with Gasteiger partial charge < -0.3 is 19.5 Å². The summed E-state index contributed by atoms with van der Waals surface area (Å²) in [5.74, 6) is 1.93. The number of benzene rings is 1. The van der Waals surface area contributed by atoms with Gasteiger partial charge in [0.15, 0.2) is 0 Å². The SMILES string of the molecule is CCOc1ccc(CC(=O)NC2CCOCC2C2CCOCC2)cc1. The van der Waals surface area contributed by atoms with E-state index < -0.39 is 0 Å². The van der Waals surface area contributed by atoms with E-state index in [0.717, 1.165) is 57.0 Å². The van der Waals surface area contributed by atoms with E-state index in [2.05, 4.69) is 5.32 Å². The van der Waals surface area contributed by atoms with E-state index in [0.29, 0.717) is 24.9 Å². The molecule has 0 bridgehead atoms. The van der Waals surface area contributed by atoms with Crippen LogP contribution >= 0.6 is 0 Å². The van der Waals surface area contributed by atoms with Crippen molar-refractivity contribution < 1.29 is 19.0 Å². The second-order valence-corrected chi connectivity index (χ2v) is 6.90. The van der Waals surface area contributed by atoms with Gasteiger partial charge in [-0.2, -0.15) is 0 Å². The summed E-state index contributed by atoms with van der Waals surface area (Å²) in [5.41, 5.74) is 1.01. The van der Waals surface area contributed by atoms with E-state index >= 15 is 0 Å². The number of carbonyl (C=O) groups excluding carboxylic acids is 1. The Morgan fingerprint density at radius 1 is 1.12 bits per heavy atom. The minimum absolute atomic E-state index is 0.0909. The molecule has 0 aliphatic carbocycles. The van der Waals surface area contributed by atoms with Crippen LogP contribution in [0, 0.1) is 11.8 Å². The summed E-state index contributed by atoms with van der Waals surface area (Å²) in [7, 11) is 0. The normalized spacial score (nSPS) is 24.7. The van der Waals surface area contributed by atoms with E-state index in [1.54, 1.807) is 0 Å². The minimum Gasteiger partial charge on any atom is -0.494 e. The van der Waals surface area contributed by atoms with E-state index in [1.165, 1.54) is 0 Å². The molecule has 138 valence electrons. The maximum atomic E-state index is 12.5. The average Bonchev–Trinajstić information content (AvgIpc) is 2.65. The van der Waals surface area contributed by atoms with Crippen LogP contribution in [-0.2, 0) is 20.7 Å². The zero-order chi connectivity index (χ0) is 17.5. The summed E-state index contributed by atoms with van der Waals surface area (Å²) < 4.78 is 16.6. The monoisotopic (exact) mass is 347 g/mol. The van der Waals surface area contributed by atoms with Crippen LogP contribution in [0.1, 0.15) is 31.7 Å². The highest BCUT2D eigenvalue weighted by atomic mass is 16.5. The summed E-state index contributed by atoms with van der Waals surface area (Å²) >= 11 is 0. The first-order valence-electron chi connectivity index (χ1n) is 9.43. The van der Waals surface area contributed by atoms with Gasteiger partial charge in [-0.25, -0.2) is 0 Å². The molecule has 2 saturated heterocycles. The fraction of sp³-hybridized carbons (Fsp3) is 0.650. The molecule has 0 aromatic heterocycles. The lowest BCUT2D eigenvalue weighted by molar-refractivity contribution is -0.123. The number of carbonyl (C=O) groups is 1. The molecule has 1 aromatic carbocycles. The second kappa shape index (κ2) is 9.20. The molecule has 1 amide bonds. The van der Waals surface area contributed by atoms with Crippen molar-refractivity contribution >= 4 is 5.91 Å². The maximum absolute atomic E-state index is 12.5. The number of nitrogens with one attached hydrogen (secondary N) is 1. The van der Waals surface area contributed by atoms with Crippen LogP contribution in [0.3, 0.4) is 0 Å². The van der Waals surface area contributed by atoms with Gasteiger partial charge >= 0.3 is 0 Å². The summed E-state index contributed by atoms with van der Waals surface area (Å²) in [6, 6.07) is 7.98. The van der Waals surface area contributed by atoms with Gasteiger partial charge in [0, 0.05) is 31.8 Å². The summed E-state index contributed by atoms with van der Waals surface area (Å²) in [6.07, 6.45) is 3.44. The van der Waals surface area contributed by atoms with Crippen LogP contribution in [0.25, 0.3) is 0 Å². The highest BCUT2D eigenvalue weighted by Gasteiger charge is 2.34. The van der Waals surface area contributed by atoms with Crippen LogP contribution in [-0.4, -0.2) is 45.0 Å². The van der Waals surface area contributed by atoms with Crippen LogP contribution in [0.2, 0.25) is 0 Å². The van der Waals surface area contributed by atoms with Crippen LogP contribution in [0.5, 0.6) is 5.75 Å². The summed E-state index contributed by atoms with van der Waals surface area (Å²) in [5, 5.41) is 3.26. The number of hydrogen-bond acceptors (Lipinski definition) is 4. The Hall–Kier alpha value is -1.59. The predicted molar refractivity (Wildman–Crippen MR) is 95.7 cm³/mol. The summed E-state index contributed by atoms with van der Waals surface area (Å²) in [4.78, 5) is 12.5. The van der Waals surface area contributed by atoms with E-state index in [-0.39, 0.29) is 11.9 Å². The van der Waals surface area contributed by atoms with Crippen molar-refractivity contribution in [3.8, 4) is 5.75 Å². The number of amides is 1. The Morgan fingerprint density at radius 2 is 1.84 bits per heavy atom. The molecule has 2 aliphatic heterocycles. The van der Waals surface area contributed by atoms with E-state index in [4.69, 9.17) is 14.2 Å². The largest absolute Gasteiger partial charge is 0.494 e. The fourth-order valence-corrected chi connectivity index (χ4v) is 3.86. The van der Waals surface area contributed by atoms with Gasteiger partial charge in [-0.1, -0.05) is 12.1 Å². The zero-order valence-electron chi connectivity index (χ0n) is 15.0. The number of ether oxygens (including phenoxy) is 3. The van der Waals surface area contributed by atoms with Crippen LogP contribution < -0.4 is 10.1 Å². The topological polar surface area (TPSA) is 56.8 Å². The molecule has 2 heterocycles. The molecule has 0 saturated carbocycles. The molecule has 2 unspecified atom stereocenters. The molecule has 0 radical (unpaired) electrons. The number of hydrogen-bond donors (Lipinski definition) is 1. The van der Waals surface area contributed by atoms with Crippen molar-refractivity contribution in [3.63, 3.8) is 0 Å². The third-order valence-electron chi connectivity index (χ3n) is 5.22. The molecule has 5 nitrogen and oxygen atoms in total. The molecule has 0 spiro atoms. The molecular formula is C20H29NO4. The van der Waals surface area contributed by atoms with E-state index in [9.17, 15) is 4.79 Å². The maximum Gasteiger partial charge on any atom is 0.224 e. The Bertz CT molecular complexity index is 539. The van der Waals surface area contributed by atoms with Crippen molar-refractivity contribution in [2.75, 3.05) is 33.0 Å². The second-order valence-electron chi connectivity index (χ2n) is 6.90. The molecule has 1 aromatic rings. The smallest absolute Gasteiger partial charge is 0.224 e. The minimum atomic E-state index is 0.0909. The molecule has 2 atom stereocenters. The molecule has 2 fully saturated rings. The Morgan fingerprint density at radius 3 is 2.56 bits per heavy atom. The standard InChI is InChI=1S/C20H29NO4/c1-2-25-17-5-3-15(4-6-17)13-20(22)21-19-9-12-24-14-18(19)16-7-10-23-11-8-16/h3-6,16,18-19H,2,7-14H2,1H3,(H,21,22). The fourth-order valence-electron chi connectivity index (χ4n) is 3.86. The lowest BCUT2D eigenvalue weighted by Gasteiger charge is -2.39. The van der Waals surface area contributed by atoms with Gasteiger partial charge in [0.05, 0.1) is 19.6 Å². The van der Waals surface area contributed by atoms with Gasteiger partial charge in [-0.15, -0.1) is 0 Å². The van der Waals surface area contributed by atoms with Gasteiger partial charge in [-0.05, 0) is 49.8 Å². The third-order valence-corrected chi connectivity index (χ3v) is 5.22. The molecule has 2 aliphatic rings. The first kappa shape index (κ1) is 18.2. The first-order valence-corrected chi connectivity index (χ1v) is 9.43. The van der Waals surface area contributed by atoms with Crippen LogP contribution in [0.15, 0.2) is 24.3 Å². The highest BCUT2D eigenvalue weighted by molar-refractivity contribution is 5.79. The Balaban J connectivity index is 1.54. The highest BCUT2D eigenvalue weighted by Crippen LogP contribution is 2.30. The van der Waals surface area contributed by atoms with Gasteiger partial charge in [0.25, 0.3) is 0 Å². The molecule has 3 rings (SSSR count). The molecule has 25 heavy (non-hydrogen) atoms. The third kappa shape index (κ3) is 5.19. The van der Waals surface area contributed by atoms with Crippen molar-refractivity contribution in [3.05, 3.63) is 29.8 Å². The predicted octanol–water partition coefficient (Wildman–Crippen LogP) is 2.58. The Labute approximate surface area is 150 Å². The van der Waals surface area contributed by atoms with Gasteiger partial charge in [0.2, 0.25) is 5.91 Å². The molecule has 5 heteroatoms. The van der Waals surface area contributed by atoms with Crippen molar-refractivity contribution in [1.29, 1.82) is 0 Å². The quantitative estimate of drug-likeness (QED) is 0.859. The Kier molecular flexibility index (Phi) is 6.70. The van der Waals surface area contributed by atoms with Crippen molar-refractivity contribution in [2.45, 2.75) is 38.6 Å². The molecule has 1 N–H and O–H groups in total. The average molecular weight is 347 g/mol. The lowest BCUT2D eigenvalue weighted by atomic mass is 9.79. The lowest BCUT2D eigenvalue weighted by Crippen LogP contribution is -2.49. The van der Waals surface area contributed by atoms with Crippen LogP contribution in [0.4, 0.5) is 0 Å². The van der Waals surface area contributed by atoms with Crippen molar-refractivity contribution in [1.82, 2.24) is 5.32 Å². The van der Waals surface area contributed by atoms with Gasteiger partial charge in [-0.3, -0.25) is 4.79 Å². The van der Waals surface area contributed by atoms with E-state index in [1.807, 2.05) is 31.2 Å². The summed E-state index contributed by atoms with van der Waals surface area (Å²) in [6.45, 7) is 5.75. The zero-order valence-corrected chi connectivity index (χ0v) is 15.0. The van der Waals surface area contributed by atoms with Crippen molar-refractivity contribution in [2.24, 2.45) is 11.8 Å². The number of rotatable bonds is 6.